The van der Waals surface area contributed by atoms with Gasteiger partial charge in [0.15, 0.2) is 0 Å². The summed E-state index contributed by atoms with van der Waals surface area (Å²) in [7, 11) is 0. The van der Waals surface area contributed by atoms with E-state index in [1.807, 2.05) is 0 Å². The lowest BCUT2D eigenvalue weighted by molar-refractivity contribution is -0.139. The number of ether oxygens (including phenoxy) is 1. The maximum absolute atomic E-state index is 13.0. The van der Waals surface area contributed by atoms with Crippen LogP contribution >= 0.6 is 0 Å². The summed E-state index contributed by atoms with van der Waals surface area (Å²) in [4.78, 5) is 15.0. The monoisotopic (exact) mass is 261 g/mol. The van der Waals surface area contributed by atoms with E-state index in [0.717, 1.165) is 0 Å². The predicted molar refractivity (Wildman–Crippen MR) is 66.5 cm³/mol. The SMILES string of the molecule is O=C(O)C(COc1cccc(F)c1)c1ccncc1. The fraction of sp³-hybridized carbons (Fsp3) is 0.143. The van der Waals surface area contributed by atoms with Gasteiger partial charge in [-0.3, -0.25) is 9.78 Å². The number of pyridine rings is 1. The Morgan fingerprint density at radius 3 is 2.68 bits per heavy atom. The van der Waals surface area contributed by atoms with Crippen LogP contribution in [-0.2, 0) is 4.79 Å². The highest BCUT2D eigenvalue weighted by Gasteiger charge is 2.20. The number of rotatable bonds is 5. The average Bonchev–Trinajstić information content (AvgIpc) is 2.40. The third-order valence-electron chi connectivity index (χ3n) is 2.62. The van der Waals surface area contributed by atoms with Gasteiger partial charge in [-0.2, -0.15) is 0 Å². The molecule has 1 aromatic carbocycles. The molecule has 1 N–H and O–H groups in total. The highest BCUT2D eigenvalue weighted by Crippen LogP contribution is 2.19. The zero-order valence-electron chi connectivity index (χ0n) is 9.99. The topological polar surface area (TPSA) is 59.4 Å². The van der Waals surface area contributed by atoms with Crippen molar-refractivity contribution in [1.29, 1.82) is 0 Å². The van der Waals surface area contributed by atoms with Crippen molar-refractivity contribution >= 4 is 5.97 Å². The van der Waals surface area contributed by atoms with E-state index in [1.54, 1.807) is 18.2 Å². The summed E-state index contributed by atoms with van der Waals surface area (Å²) < 4.78 is 18.3. The first-order valence-electron chi connectivity index (χ1n) is 5.68. The lowest BCUT2D eigenvalue weighted by atomic mass is 10.0. The molecular weight excluding hydrogens is 249 g/mol. The Morgan fingerprint density at radius 2 is 2.05 bits per heavy atom. The van der Waals surface area contributed by atoms with Crippen molar-refractivity contribution in [2.45, 2.75) is 5.92 Å². The molecule has 1 heterocycles. The van der Waals surface area contributed by atoms with Crippen LogP contribution < -0.4 is 4.74 Å². The number of nitrogens with zero attached hydrogens (tertiary/aromatic N) is 1. The van der Waals surface area contributed by atoms with E-state index in [4.69, 9.17) is 4.74 Å². The molecule has 98 valence electrons. The first-order valence-corrected chi connectivity index (χ1v) is 5.68. The zero-order chi connectivity index (χ0) is 13.7. The van der Waals surface area contributed by atoms with E-state index in [1.165, 1.54) is 30.6 Å². The summed E-state index contributed by atoms with van der Waals surface area (Å²) in [5.41, 5.74) is 0.596. The molecule has 0 aliphatic heterocycles. The smallest absolute Gasteiger partial charge is 0.314 e. The van der Waals surface area contributed by atoms with Crippen LogP contribution in [0.4, 0.5) is 4.39 Å². The fourth-order valence-corrected chi connectivity index (χ4v) is 1.64. The third kappa shape index (κ3) is 3.51. The second-order valence-electron chi connectivity index (χ2n) is 3.94. The van der Waals surface area contributed by atoms with Crippen molar-refractivity contribution < 1.29 is 19.0 Å². The molecule has 0 aliphatic carbocycles. The second-order valence-corrected chi connectivity index (χ2v) is 3.94. The minimum Gasteiger partial charge on any atom is -0.492 e. The molecular formula is C14H12FNO3. The Bertz CT molecular complexity index is 560. The molecule has 4 nitrogen and oxygen atoms in total. The van der Waals surface area contributed by atoms with E-state index in [9.17, 15) is 14.3 Å². The van der Waals surface area contributed by atoms with Crippen LogP contribution in [0.2, 0.25) is 0 Å². The van der Waals surface area contributed by atoms with Gasteiger partial charge in [0.25, 0.3) is 0 Å². The van der Waals surface area contributed by atoms with Crippen LogP contribution in [0.15, 0.2) is 48.8 Å². The van der Waals surface area contributed by atoms with Crippen LogP contribution in [0.5, 0.6) is 5.75 Å². The molecule has 0 bridgehead atoms. The molecule has 0 aliphatic rings. The van der Waals surface area contributed by atoms with Gasteiger partial charge < -0.3 is 9.84 Å². The molecule has 2 aromatic rings. The standard InChI is InChI=1S/C14H12FNO3/c15-11-2-1-3-12(8-11)19-9-13(14(17)18)10-4-6-16-7-5-10/h1-8,13H,9H2,(H,17,18). The Morgan fingerprint density at radius 1 is 1.32 bits per heavy atom. The average molecular weight is 261 g/mol. The van der Waals surface area contributed by atoms with Gasteiger partial charge >= 0.3 is 5.97 Å². The molecule has 1 atom stereocenters. The van der Waals surface area contributed by atoms with Crippen molar-refractivity contribution in [3.05, 3.63) is 60.2 Å². The molecule has 1 unspecified atom stereocenters. The fourth-order valence-electron chi connectivity index (χ4n) is 1.64. The minimum absolute atomic E-state index is 0.0667. The summed E-state index contributed by atoms with van der Waals surface area (Å²) in [5, 5.41) is 9.18. The number of benzene rings is 1. The van der Waals surface area contributed by atoms with Gasteiger partial charge in [-0.05, 0) is 29.8 Å². The number of aliphatic carboxylic acids is 1. The predicted octanol–water partition coefficient (Wildman–Crippen LogP) is 2.47. The normalized spacial score (nSPS) is 11.8. The Kier molecular flexibility index (Phi) is 4.07. The number of hydrogen-bond donors (Lipinski definition) is 1. The summed E-state index contributed by atoms with van der Waals surface area (Å²) in [6.07, 6.45) is 3.04. The van der Waals surface area contributed by atoms with E-state index in [2.05, 4.69) is 4.98 Å². The largest absolute Gasteiger partial charge is 0.492 e. The van der Waals surface area contributed by atoms with Crippen molar-refractivity contribution in [3.8, 4) is 5.75 Å². The van der Waals surface area contributed by atoms with E-state index in [0.29, 0.717) is 11.3 Å². The first kappa shape index (κ1) is 13.0. The van der Waals surface area contributed by atoms with Crippen LogP contribution in [0.3, 0.4) is 0 Å². The summed E-state index contributed by atoms with van der Waals surface area (Å²) >= 11 is 0. The number of carboxylic acid groups (broad SMARTS) is 1. The summed E-state index contributed by atoms with van der Waals surface area (Å²) in [6, 6.07) is 8.83. The molecule has 19 heavy (non-hydrogen) atoms. The van der Waals surface area contributed by atoms with Crippen molar-refractivity contribution in [1.82, 2.24) is 4.98 Å². The number of carbonyl (C=O) groups is 1. The van der Waals surface area contributed by atoms with E-state index >= 15 is 0 Å². The summed E-state index contributed by atoms with van der Waals surface area (Å²) in [5.74, 6) is -1.93. The number of carboxylic acids is 1. The number of halogens is 1. The molecule has 0 saturated heterocycles. The van der Waals surface area contributed by atoms with Crippen LogP contribution in [0.1, 0.15) is 11.5 Å². The molecule has 5 heteroatoms. The van der Waals surface area contributed by atoms with Crippen molar-refractivity contribution in [3.63, 3.8) is 0 Å². The van der Waals surface area contributed by atoms with Gasteiger partial charge in [-0.15, -0.1) is 0 Å². The Labute approximate surface area is 109 Å². The molecule has 0 amide bonds. The number of aromatic nitrogens is 1. The zero-order valence-corrected chi connectivity index (χ0v) is 9.99. The van der Waals surface area contributed by atoms with Crippen LogP contribution in [0, 0.1) is 5.82 Å². The molecule has 0 radical (unpaired) electrons. The molecule has 2 rings (SSSR count). The lowest BCUT2D eigenvalue weighted by Crippen LogP contribution is -2.19. The molecule has 0 saturated carbocycles. The van der Waals surface area contributed by atoms with Crippen LogP contribution in [0.25, 0.3) is 0 Å². The maximum Gasteiger partial charge on any atom is 0.314 e. The van der Waals surface area contributed by atoms with E-state index < -0.39 is 17.7 Å². The van der Waals surface area contributed by atoms with Crippen molar-refractivity contribution in [2.75, 3.05) is 6.61 Å². The van der Waals surface area contributed by atoms with Gasteiger partial charge in [0.05, 0.1) is 0 Å². The first-order chi connectivity index (χ1) is 9.16. The molecule has 1 aromatic heterocycles. The van der Waals surface area contributed by atoms with Gasteiger partial charge in [-0.1, -0.05) is 6.07 Å². The number of hydrogen-bond acceptors (Lipinski definition) is 3. The highest BCUT2D eigenvalue weighted by molar-refractivity contribution is 5.76. The van der Waals surface area contributed by atoms with Gasteiger partial charge in [-0.25, -0.2) is 4.39 Å². The van der Waals surface area contributed by atoms with E-state index in [-0.39, 0.29) is 6.61 Å². The maximum atomic E-state index is 13.0. The molecule has 0 spiro atoms. The van der Waals surface area contributed by atoms with Crippen LogP contribution in [-0.4, -0.2) is 22.7 Å². The highest BCUT2D eigenvalue weighted by atomic mass is 19.1. The second kappa shape index (κ2) is 5.95. The quantitative estimate of drug-likeness (QED) is 0.898. The summed E-state index contributed by atoms with van der Waals surface area (Å²) in [6.45, 7) is -0.0667. The lowest BCUT2D eigenvalue weighted by Gasteiger charge is -2.13. The van der Waals surface area contributed by atoms with Gasteiger partial charge in [0.2, 0.25) is 0 Å². The Hall–Kier alpha value is -2.43. The van der Waals surface area contributed by atoms with Crippen molar-refractivity contribution in [2.24, 2.45) is 0 Å². The minimum atomic E-state index is -0.998. The third-order valence-corrected chi connectivity index (χ3v) is 2.62. The molecule has 0 fully saturated rings. The van der Waals surface area contributed by atoms with Gasteiger partial charge in [0.1, 0.15) is 24.1 Å². The Balaban J connectivity index is 2.08. The van der Waals surface area contributed by atoms with Gasteiger partial charge in [0, 0.05) is 18.5 Å².